The van der Waals surface area contributed by atoms with Gasteiger partial charge in [-0.15, -0.1) is 0 Å². The Morgan fingerprint density at radius 2 is 1.74 bits per heavy atom. The average molecular weight is 470 g/mol. The van der Waals surface area contributed by atoms with Crippen LogP contribution >= 0.6 is 0 Å². The second-order valence-electron chi connectivity index (χ2n) is 10.6. The highest BCUT2D eigenvalue weighted by molar-refractivity contribution is 5.31. The highest BCUT2D eigenvalue weighted by Gasteiger charge is 2.24. The Hall–Kier alpha value is -2.12. The second kappa shape index (κ2) is 11.5. The monoisotopic (exact) mass is 469 g/mol. The predicted molar refractivity (Wildman–Crippen MR) is 137 cm³/mol. The fourth-order valence-electron chi connectivity index (χ4n) is 5.70. The minimum absolute atomic E-state index is 0.0205. The molecule has 0 amide bonds. The van der Waals surface area contributed by atoms with Crippen LogP contribution in [-0.4, -0.2) is 56.3 Å². The largest absolute Gasteiger partial charge is 0.474 e. The Balaban J connectivity index is 1.28. The summed E-state index contributed by atoms with van der Waals surface area (Å²) in [5.41, 5.74) is 0.810. The molecule has 0 aliphatic heterocycles. The predicted octanol–water partition coefficient (Wildman–Crippen LogP) is 4.55. The van der Waals surface area contributed by atoms with E-state index in [2.05, 4.69) is 42.9 Å². The summed E-state index contributed by atoms with van der Waals surface area (Å²) < 4.78 is 9.57. The summed E-state index contributed by atoms with van der Waals surface area (Å²) in [7, 11) is 0. The lowest BCUT2D eigenvalue weighted by atomic mass is 9.91. The number of pyridine rings is 1. The van der Waals surface area contributed by atoms with Crippen molar-refractivity contribution in [2.45, 2.75) is 109 Å². The zero-order chi connectivity index (χ0) is 24.1. The molecule has 1 N–H and O–H groups in total. The standard InChI is InChI=1S/C27H43N5O2/c1-20(2)30(21(3)4)16-15-28-22-9-11-23(12-10-22)31-17-18-32(27(31)33)24-13-14-26(29-19-24)34-25-7-5-6-8-25/h13-14,17-23,25,28H,5-12,15-16H2,1-4H3. The molecule has 0 saturated heterocycles. The van der Waals surface area contributed by atoms with Crippen LogP contribution in [0.15, 0.2) is 35.5 Å². The highest BCUT2D eigenvalue weighted by atomic mass is 16.5. The molecule has 7 heteroatoms. The topological polar surface area (TPSA) is 64.3 Å². The summed E-state index contributed by atoms with van der Waals surface area (Å²) in [5.74, 6) is 0.652. The van der Waals surface area contributed by atoms with E-state index < -0.39 is 0 Å². The van der Waals surface area contributed by atoms with Crippen molar-refractivity contribution >= 4 is 0 Å². The third kappa shape index (κ3) is 6.11. The number of imidazole rings is 1. The molecule has 0 atom stereocenters. The lowest BCUT2D eigenvalue weighted by Crippen LogP contribution is -2.44. The van der Waals surface area contributed by atoms with Gasteiger partial charge in [-0.05, 0) is 85.1 Å². The van der Waals surface area contributed by atoms with Crippen molar-refractivity contribution in [1.82, 2.24) is 24.3 Å². The molecule has 2 aromatic rings. The van der Waals surface area contributed by atoms with Gasteiger partial charge < -0.3 is 10.1 Å². The fourth-order valence-corrected chi connectivity index (χ4v) is 5.70. The first-order chi connectivity index (χ1) is 16.4. The molecule has 188 valence electrons. The second-order valence-corrected chi connectivity index (χ2v) is 10.6. The molecule has 0 unspecified atom stereocenters. The lowest BCUT2D eigenvalue weighted by molar-refractivity contribution is 0.170. The first-order valence-corrected chi connectivity index (χ1v) is 13.3. The van der Waals surface area contributed by atoms with Gasteiger partial charge in [0.2, 0.25) is 5.88 Å². The zero-order valence-corrected chi connectivity index (χ0v) is 21.4. The summed E-state index contributed by atoms with van der Waals surface area (Å²) in [6.45, 7) is 11.2. The van der Waals surface area contributed by atoms with E-state index in [9.17, 15) is 4.79 Å². The minimum Gasteiger partial charge on any atom is -0.474 e. The number of nitrogens with one attached hydrogen (secondary N) is 1. The van der Waals surface area contributed by atoms with Gasteiger partial charge in [-0.3, -0.25) is 14.0 Å². The van der Waals surface area contributed by atoms with Crippen LogP contribution in [0, 0.1) is 0 Å². The van der Waals surface area contributed by atoms with Crippen LogP contribution in [-0.2, 0) is 0 Å². The van der Waals surface area contributed by atoms with Crippen molar-refractivity contribution in [2.24, 2.45) is 0 Å². The number of nitrogens with zero attached hydrogens (tertiary/aromatic N) is 4. The average Bonchev–Trinajstić information content (AvgIpc) is 3.47. The van der Waals surface area contributed by atoms with Crippen LogP contribution in [0.25, 0.3) is 5.69 Å². The van der Waals surface area contributed by atoms with E-state index in [-0.39, 0.29) is 17.8 Å². The van der Waals surface area contributed by atoms with Gasteiger partial charge in [0.05, 0.1) is 11.9 Å². The summed E-state index contributed by atoms with van der Waals surface area (Å²) in [5, 5.41) is 3.76. The fraction of sp³-hybridized carbons (Fsp3) is 0.704. The summed E-state index contributed by atoms with van der Waals surface area (Å²) >= 11 is 0. The van der Waals surface area contributed by atoms with Crippen LogP contribution in [0.2, 0.25) is 0 Å². The number of hydrogen-bond donors (Lipinski definition) is 1. The van der Waals surface area contributed by atoms with Crippen molar-refractivity contribution in [3.05, 3.63) is 41.2 Å². The molecule has 2 saturated carbocycles. The van der Waals surface area contributed by atoms with Crippen LogP contribution < -0.4 is 15.7 Å². The molecule has 34 heavy (non-hydrogen) atoms. The Morgan fingerprint density at radius 1 is 1.03 bits per heavy atom. The Kier molecular flexibility index (Phi) is 8.48. The highest BCUT2D eigenvalue weighted by Crippen LogP contribution is 2.28. The van der Waals surface area contributed by atoms with Gasteiger partial charge in [-0.1, -0.05) is 0 Å². The molecule has 2 aliphatic rings. The van der Waals surface area contributed by atoms with Gasteiger partial charge in [-0.25, -0.2) is 9.78 Å². The van der Waals surface area contributed by atoms with Crippen molar-refractivity contribution in [2.75, 3.05) is 13.1 Å². The van der Waals surface area contributed by atoms with E-state index >= 15 is 0 Å². The summed E-state index contributed by atoms with van der Waals surface area (Å²) in [4.78, 5) is 20.1. The molecule has 0 bridgehead atoms. The number of ether oxygens (including phenoxy) is 1. The molecule has 0 spiro atoms. The molecule has 7 nitrogen and oxygen atoms in total. The molecule has 0 aromatic carbocycles. The van der Waals surface area contributed by atoms with Gasteiger partial charge in [0, 0.05) is 55.7 Å². The van der Waals surface area contributed by atoms with Crippen molar-refractivity contribution in [3.63, 3.8) is 0 Å². The van der Waals surface area contributed by atoms with E-state index in [1.54, 1.807) is 10.8 Å². The molecule has 2 heterocycles. The lowest BCUT2D eigenvalue weighted by Gasteiger charge is -2.33. The normalized spacial score (nSPS) is 21.7. The molecule has 2 aliphatic carbocycles. The Labute approximate surface area is 204 Å². The third-order valence-corrected chi connectivity index (χ3v) is 7.61. The number of rotatable bonds is 10. The van der Waals surface area contributed by atoms with E-state index in [0.29, 0.717) is 24.0 Å². The van der Waals surface area contributed by atoms with Crippen LogP contribution in [0.1, 0.15) is 85.1 Å². The van der Waals surface area contributed by atoms with Crippen molar-refractivity contribution in [1.29, 1.82) is 0 Å². The SMILES string of the molecule is CC(C)N(CCNC1CCC(n2ccn(-c3ccc(OC4CCCC4)nc3)c2=O)CC1)C(C)C. The molecular formula is C27H43N5O2. The maximum atomic E-state index is 13.1. The van der Waals surface area contributed by atoms with Gasteiger partial charge in [-0.2, -0.15) is 0 Å². The van der Waals surface area contributed by atoms with Crippen molar-refractivity contribution in [3.8, 4) is 11.6 Å². The maximum Gasteiger partial charge on any atom is 0.333 e. The molecule has 2 fully saturated rings. The Morgan fingerprint density at radius 3 is 2.35 bits per heavy atom. The minimum atomic E-state index is 0.0205. The van der Waals surface area contributed by atoms with Crippen LogP contribution in [0.4, 0.5) is 0 Å². The van der Waals surface area contributed by atoms with E-state index in [4.69, 9.17) is 4.74 Å². The van der Waals surface area contributed by atoms with Crippen LogP contribution in [0.3, 0.4) is 0 Å². The number of hydrogen-bond acceptors (Lipinski definition) is 5. The smallest absolute Gasteiger partial charge is 0.333 e. The van der Waals surface area contributed by atoms with Gasteiger partial charge in [0.1, 0.15) is 6.10 Å². The summed E-state index contributed by atoms with van der Waals surface area (Å²) in [6.07, 6.45) is 14.8. The first kappa shape index (κ1) is 25.0. The Bertz CT molecular complexity index is 927. The first-order valence-electron chi connectivity index (χ1n) is 13.3. The van der Waals surface area contributed by atoms with Gasteiger partial charge >= 0.3 is 5.69 Å². The zero-order valence-electron chi connectivity index (χ0n) is 21.4. The van der Waals surface area contributed by atoms with Crippen molar-refractivity contribution < 1.29 is 4.74 Å². The molecular weight excluding hydrogens is 426 g/mol. The van der Waals surface area contributed by atoms with E-state index in [1.807, 2.05) is 29.1 Å². The maximum absolute atomic E-state index is 13.1. The number of aromatic nitrogens is 3. The summed E-state index contributed by atoms with van der Waals surface area (Å²) in [6, 6.07) is 5.77. The van der Waals surface area contributed by atoms with Crippen LogP contribution in [0.5, 0.6) is 5.88 Å². The van der Waals surface area contributed by atoms with Gasteiger partial charge in [0.15, 0.2) is 0 Å². The quantitative estimate of drug-likeness (QED) is 0.553. The van der Waals surface area contributed by atoms with E-state index in [0.717, 1.165) is 57.3 Å². The molecule has 0 radical (unpaired) electrons. The molecule has 4 rings (SSSR count). The molecule has 2 aromatic heterocycles. The van der Waals surface area contributed by atoms with Gasteiger partial charge in [0.25, 0.3) is 0 Å². The third-order valence-electron chi connectivity index (χ3n) is 7.61. The van der Waals surface area contributed by atoms with E-state index in [1.165, 1.54) is 12.8 Å².